The smallest absolute Gasteiger partial charge is 0.0597 e. The first kappa shape index (κ1) is 13.6. The van der Waals surface area contributed by atoms with Crippen LogP contribution in [0.5, 0.6) is 0 Å². The summed E-state index contributed by atoms with van der Waals surface area (Å²) >= 11 is 0. The Balaban J connectivity index is 1.74. The van der Waals surface area contributed by atoms with Crippen LogP contribution in [0.1, 0.15) is 37.6 Å². The maximum Gasteiger partial charge on any atom is 0.0597 e. The van der Waals surface area contributed by atoms with E-state index in [4.69, 9.17) is 0 Å². The minimum atomic E-state index is 0.674. The molecule has 2 rings (SSSR count). The first-order valence-corrected chi connectivity index (χ1v) is 7.14. The van der Waals surface area contributed by atoms with Crippen molar-refractivity contribution in [1.82, 2.24) is 20.0 Å². The minimum Gasteiger partial charge on any atom is -0.308 e. The zero-order valence-corrected chi connectivity index (χ0v) is 11.9. The van der Waals surface area contributed by atoms with E-state index in [0.29, 0.717) is 6.04 Å². The topological polar surface area (TPSA) is 33.1 Å². The van der Waals surface area contributed by atoms with Crippen molar-refractivity contribution in [1.29, 1.82) is 0 Å². The fourth-order valence-electron chi connectivity index (χ4n) is 2.76. The van der Waals surface area contributed by atoms with Gasteiger partial charge in [-0.25, -0.2) is 0 Å². The van der Waals surface area contributed by atoms with Gasteiger partial charge in [0, 0.05) is 19.6 Å². The van der Waals surface area contributed by atoms with Crippen molar-refractivity contribution in [2.45, 2.75) is 45.7 Å². The lowest BCUT2D eigenvalue weighted by atomic mass is 10.0. The van der Waals surface area contributed by atoms with Crippen LogP contribution in [-0.2, 0) is 13.6 Å². The fourth-order valence-corrected chi connectivity index (χ4v) is 2.76. The van der Waals surface area contributed by atoms with Crippen LogP contribution in [-0.4, -0.2) is 40.4 Å². The molecule has 18 heavy (non-hydrogen) atoms. The molecule has 4 nitrogen and oxygen atoms in total. The Bertz CT molecular complexity index is 364. The maximum absolute atomic E-state index is 4.38. The second-order valence-electron chi connectivity index (χ2n) is 5.40. The molecule has 0 unspecified atom stereocenters. The van der Waals surface area contributed by atoms with Gasteiger partial charge in [-0.1, -0.05) is 6.92 Å². The van der Waals surface area contributed by atoms with E-state index in [-0.39, 0.29) is 0 Å². The number of hydrogen-bond donors (Lipinski definition) is 1. The summed E-state index contributed by atoms with van der Waals surface area (Å²) in [6.45, 7) is 9.00. The standard InChI is InChI=1S/C14H26N4/c1-4-7-18-8-5-13(6-9-18)15-11-14-10-12(2)16-17(14)3/h10,13,15H,4-9,11H2,1-3H3. The van der Waals surface area contributed by atoms with Crippen molar-refractivity contribution >= 4 is 0 Å². The molecule has 0 amide bonds. The lowest BCUT2D eigenvalue weighted by molar-refractivity contribution is 0.197. The first-order chi connectivity index (χ1) is 8.69. The molecule has 1 fully saturated rings. The van der Waals surface area contributed by atoms with Crippen LogP contribution in [0.3, 0.4) is 0 Å². The molecule has 0 bridgehead atoms. The summed E-state index contributed by atoms with van der Waals surface area (Å²) in [7, 11) is 2.02. The molecule has 0 atom stereocenters. The number of rotatable bonds is 5. The Hall–Kier alpha value is -0.870. The van der Waals surface area contributed by atoms with E-state index >= 15 is 0 Å². The van der Waals surface area contributed by atoms with Gasteiger partial charge < -0.3 is 10.2 Å². The SMILES string of the molecule is CCCN1CCC(NCc2cc(C)nn2C)CC1. The fraction of sp³-hybridized carbons (Fsp3) is 0.786. The molecule has 0 spiro atoms. The summed E-state index contributed by atoms with van der Waals surface area (Å²) in [5.41, 5.74) is 2.38. The van der Waals surface area contributed by atoms with Crippen molar-refractivity contribution < 1.29 is 0 Å². The van der Waals surface area contributed by atoms with Gasteiger partial charge >= 0.3 is 0 Å². The summed E-state index contributed by atoms with van der Waals surface area (Å²) < 4.78 is 1.98. The maximum atomic E-state index is 4.38. The summed E-state index contributed by atoms with van der Waals surface area (Å²) in [5, 5.41) is 8.05. The average molecular weight is 250 g/mol. The zero-order chi connectivity index (χ0) is 13.0. The third-order valence-corrected chi connectivity index (χ3v) is 3.80. The van der Waals surface area contributed by atoms with Crippen molar-refractivity contribution in [2.24, 2.45) is 7.05 Å². The first-order valence-electron chi connectivity index (χ1n) is 7.14. The highest BCUT2D eigenvalue weighted by molar-refractivity contribution is 5.08. The van der Waals surface area contributed by atoms with Crippen LogP contribution in [0.15, 0.2) is 6.07 Å². The Morgan fingerprint density at radius 2 is 2.11 bits per heavy atom. The average Bonchev–Trinajstić information content (AvgIpc) is 2.67. The van der Waals surface area contributed by atoms with E-state index in [9.17, 15) is 0 Å². The van der Waals surface area contributed by atoms with Crippen LogP contribution in [0.4, 0.5) is 0 Å². The monoisotopic (exact) mass is 250 g/mol. The van der Waals surface area contributed by atoms with Crippen LogP contribution < -0.4 is 5.32 Å². The molecule has 102 valence electrons. The summed E-state index contributed by atoms with van der Waals surface area (Å²) in [6.07, 6.45) is 3.82. The van der Waals surface area contributed by atoms with E-state index in [1.54, 1.807) is 0 Å². The zero-order valence-electron chi connectivity index (χ0n) is 11.9. The van der Waals surface area contributed by atoms with E-state index in [0.717, 1.165) is 12.2 Å². The summed E-state index contributed by atoms with van der Waals surface area (Å²) in [4.78, 5) is 2.58. The second kappa shape index (κ2) is 6.34. The molecule has 1 aliphatic heterocycles. The minimum absolute atomic E-state index is 0.674. The van der Waals surface area contributed by atoms with Crippen molar-refractivity contribution in [2.75, 3.05) is 19.6 Å². The predicted octanol–water partition coefficient (Wildman–Crippen LogP) is 1.69. The van der Waals surface area contributed by atoms with Gasteiger partial charge in [0.1, 0.15) is 0 Å². The molecule has 0 saturated carbocycles. The van der Waals surface area contributed by atoms with Crippen LogP contribution in [0.2, 0.25) is 0 Å². The Morgan fingerprint density at radius 1 is 1.39 bits per heavy atom. The predicted molar refractivity (Wildman–Crippen MR) is 74.5 cm³/mol. The number of hydrogen-bond acceptors (Lipinski definition) is 3. The quantitative estimate of drug-likeness (QED) is 0.863. The molecule has 1 saturated heterocycles. The summed E-state index contributed by atoms with van der Waals surface area (Å²) in [5.74, 6) is 0. The lowest BCUT2D eigenvalue weighted by Crippen LogP contribution is -2.42. The number of likely N-dealkylation sites (tertiary alicyclic amines) is 1. The van der Waals surface area contributed by atoms with Crippen LogP contribution in [0, 0.1) is 6.92 Å². The van der Waals surface area contributed by atoms with E-state index in [2.05, 4.69) is 28.3 Å². The molecule has 2 heterocycles. The molecule has 1 N–H and O–H groups in total. The number of aromatic nitrogens is 2. The van der Waals surface area contributed by atoms with Gasteiger partial charge in [-0.15, -0.1) is 0 Å². The van der Waals surface area contributed by atoms with Gasteiger partial charge in [0.25, 0.3) is 0 Å². The van der Waals surface area contributed by atoms with Gasteiger partial charge in [0.2, 0.25) is 0 Å². The van der Waals surface area contributed by atoms with E-state index in [1.807, 2.05) is 18.7 Å². The normalized spacial score (nSPS) is 18.4. The summed E-state index contributed by atoms with van der Waals surface area (Å²) in [6, 6.07) is 2.84. The van der Waals surface area contributed by atoms with E-state index in [1.165, 1.54) is 44.6 Å². The molecule has 1 aromatic rings. The molecule has 0 radical (unpaired) electrons. The van der Waals surface area contributed by atoms with Gasteiger partial charge in [0.05, 0.1) is 11.4 Å². The van der Waals surface area contributed by atoms with Crippen molar-refractivity contribution in [3.05, 3.63) is 17.5 Å². The molecule has 1 aliphatic rings. The second-order valence-corrected chi connectivity index (χ2v) is 5.40. The Kier molecular flexibility index (Phi) is 4.78. The number of piperidine rings is 1. The third kappa shape index (κ3) is 3.56. The highest BCUT2D eigenvalue weighted by Gasteiger charge is 2.18. The lowest BCUT2D eigenvalue weighted by Gasteiger charge is -2.32. The number of nitrogens with one attached hydrogen (secondary N) is 1. The van der Waals surface area contributed by atoms with Crippen LogP contribution >= 0.6 is 0 Å². The highest BCUT2D eigenvalue weighted by Crippen LogP contribution is 2.11. The number of nitrogens with zero attached hydrogens (tertiary/aromatic N) is 3. The molecule has 0 aliphatic carbocycles. The van der Waals surface area contributed by atoms with E-state index < -0.39 is 0 Å². The van der Waals surface area contributed by atoms with Gasteiger partial charge in [0.15, 0.2) is 0 Å². The molecule has 1 aromatic heterocycles. The molecular formula is C14H26N4. The van der Waals surface area contributed by atoms with Gasteiger partial charge in [-0.05, 0) is 51.9 Å². The third-order valence-electron chi connectivity index (χ3n) is 3.80. The molecule has 0 aromatic carbocycles. The number of aryl methyl sites for hydroxylation is 2. The largest absolute Gasteiger partial charge is 0.308 e. The van der Waals surface area contributed by atoms with Crippen LogP contribution in [0.25, 0.3) is 0 Å². The Morgan fingerprint density at radius 3 is 2.67 bits per heavy atom. The van der Waals surface area contributed by atoms with Gasteiger partial charge in [-0.2, -0.15) is 5.10 Å². The Labute approximate surface area is 110 Å². The van der Waals surface area contributed by atoms with Crippen molar-refractivity contribution in [3.8, 4) is 0 Å². The highest BCUT2D eigenvalue weighted by atomic mass is 15.3. The van der Waals surface area contributed by atoms with Crippen molar-refractivity contribution in [3.63, 3.8) is 0 Å². The van der Waals surface area contributed by atoms with Gasteiger partial charge in [-0.3, -0.25) is 4.68 Å². The molecular weight excluding hydrogens is 224 g/mol. The molecule has 4 heteroatoms.